The van der Waals surface area contributed by atoms with Crippen LogP contribution in [0.5, 0.6) is 0 Å². The van der Waals surface area contributed by atoms with E-state index >= 15 is 0 Å². The van der Waals surface area contributed by atoms with Crippen LogP contribution in [0.4, 0.5) is 5.69 Å². The van der Waals surface area contributed by atoms with E-state index in [-0.39, 0.29) is 5.92 Å². The van der Waals surface area contributed by atoms with Crippen molar-refractivity contribution >= 4 is 17.3 Å². The summed E-state index contributed by atoms with van der Waals surface area (Å²) in [7, 11) is 2.05. The van der Waals surface area contributed by atoms with E-state index in [4.69, 9.17) is 22.3 Å². The average molecular weight is 213 g/mol. The van der Waals surface area contributed by atoms with Crippen molar-refractivity contribution in [2.75, 3.05) is 25.1 Å². The first-order valence-electron chi connectivity index (χ1n) is 4.55. The quantitative estimate of drug-likeness (QED) is 0.760. The normalized spacial score (nSPS) is 19.9. The molecule has 0 spiro atoms. The Labute approximate surface area is 88.4 Å². The van der Waals surface area contributed by atoms with Gasteiger partial charge in [-0.15, -0.1) is 0 Å². The lowest BCUT2D eigenvalue weighted by molar-refractivity contribution is 0.126. The van der Waals surface area contributed by atoms with Gasteiger partial charge in [-0.1, -0.05) is 17.7 Å². The molecular weight excluding hydrogens is 200 g/mol. The highest BCUT2D eigenvalue weighted by Gasteiger charge is 2.28. The molecule has 1 heterocycles. The standard InChI is InChI=1S/C10H13ClN2O/c1-13-5-7(6-14-12)10-8(11)3-2-4-9(10)13/h2-4,7H,5-6,12H2,1H3. The van der Waals surface area contributed by atoms with Crippen molar-refractivity contribution in [1.29, 1.82) is 0 Å². The number of anilines is 1. The Morgan fingerprint density at radius 3 is 3.14 bits per heavy atom. The molecule has 0 fully saturated rings. The van der Waals surface area contributed by atoms with Gasteiger partial charge in [0.15, 0.2) is 0 Å². The minimum Gasteiger partial charge on any atom is -0.374 e. The molecule has 2 rings (SSSR count). The molecule has 0 aliphatic carbocycles. The van der Waals surface area contributed by atoms with Gasteiger partial charge in [0.2, 0.25) is 0 Å². The number of nitrogens with zero attached hydrogens (tertiary/aromatic N) is 1. The van der Waals surface area contributed by atoms with Crippen molar-refractivity contribution in [3.8, 4) is 0 Å². The smallest absolute Gasteiger partial charge is 0.0766 e. The third-order valence-corrected chi connectivity index (χ3v) is 2.97. The molecule has 1 aliphatic rings. The van der Waals surface area contributed by atoms with Crippen LogP contribution in [0, 0.1) is 0 Å². The van der Waals surface area contributed by atoms with Crippen molar-refractivity contribution in [2.45, 2.75) is 5.92 Å². The summed E-state index contributed by atoms with van der Waals surface area (Å²) in [5.41, 5.74) is 2.33. The summed E-state index contributed by atoms with van der Waals surface area (Å²) in [6.45, 7) is 1.43. The molecule has 2 N–H and O–H groups in total. The Bertz CT molecular complexity index is 343. The first kappa shape index (κ1) is 9.77. The summed E-state index contributed by atoms with van der Waals surface area (Å²) in [6.07, 6.45) is 0. The SMILES string of the molecule is CN1CC(CON)c2c(Cl)cccc21. The molecule has 3 nitrogen and oxygen atoms in total. The van der Waals surface area contributed by atoms with Gasteiger partial charge < -0.3 is 9.74 Å². The highest BCUT2D eigenvalue weighted by atomic mass is 35.5. The average Bonchev–Trinajstić information content (AvgIpc) is 2.46. The largest absolute Gasteiger partial charge is 0.374 e. The zero-order valence-electron chi connectivity index (χ0n) is 8.03. The van der Waals surface area contributed by atoms with Crippen LogP contribution in [0.2, 0.25) is 5.02 Å². The van der Waals surface area contributed by atoms with Crippen LogP contribution in [-0.2, 0) is 4.84 Å². The van der Waals surface area contributed by atoms with E-state index in [1.165, 1.54) is 5.69 Å². The van der Waals surface area contributed by atoms with E-state index in [0.717, 1.165) is 17.1 Å². The molecule has 1 aromatic carbocycles. The maximum absolute atomic E-state index is 6.14. The Hall–Kier alpha value is -0.770. The molecule has 0 aromatic heterocycles. The van der Waals surface area contributed by atoms with Crippen LogP contribution >= 0.6 is 11.6 Å². The van der Waals surface area contributed by atoms with Crippen LogP contribution in [-0.4, -0.2) is 20.2 Å². The summed E-state index contributed by atoms with van der Waals surface area (Å²) in [5.74, 6) is 5.39. The minimum atomic E-state index is 0.286. The molecule has 14 heavy (non-hydrogen) atoms. The fraction of sp³-hybridized carbons (Fsp3) is 0.400. The number of fused-ring (bicyclic) bond motifs is 1. The van der Waals surface area contributed by atoms with E-state index in [1.54, 1.807) is 0 Å². The predicted octanol–water partition coefficient (Wildman–Crippen LogP) is 1.76. The summed E-state index contributed by atoms with van der Waals surface area (Å²) < 4.78 is 0. The molecule has 0 saturated carbocycles. The lowest BCUT2D eigenvalue weighted by Crippen LogP contribution is -2.19. The van der Waals surface area contributed by atoms with Gasteiger partial charge in [-0.25, -0.2) is 5.90 Å². The molecule has 0 bridgehead atoms. The fourth-order valence-electron chi connectivity index (χ4n) is 2.04. The van der Waals surface area contributed by atoms with Crippen LogP contribution in [0.1, 0.15) is 11.5 Å². The Morgan fingerprint density at radius 2 is 2.43 bits per heavy atom. The third kappa shape index (κ3) is 1.47. The molecule has 1 unspecified atom stereocenters. The number of halogens is 1. The Morgan fingerprint density at radius 1 is 1.64 bits per heavy atom. The number of hydrogen-bond donors (Lipinski definition) is 1. The van der Waals surface area contributed by atoms with Crippen molar-refractivity contribution in [3.63, 3.8) is 0 Å². The summed E-state index contributed by atoms with van der Waals surface area (Å²) in [5, 5.41) is 0.800. The number of hydrogen-bond acceptors (Lipinski definition) is 3. The van der Waals surface area contributed by atoms with Gasteiger partial charge in [-0.05, 0) is 12.1 Å². The molecule has 1 atom stereocenters. The van der Waals surface area contributed by atoms with Gasteiger partial charge in [0.05, 0.1) is 6.61 Å². The second kappa shape index (κ2) is 3.77. The van der Waals surface area contributed by atoms with Crippen molar-refractivity contribution in [1.82, 2.24) is 0 Å². The van der Waals surface area contributed by atoms with E-state index in [0.29, 0.717) is 6.61 Å². The van der Waals surface area contributed by atoms with Crippen LogP contribution in [0.25, 0.3) is 0 Å². The maximum Gasteiger partial charge on any atom is 0.0766 e. The van der Waals surface area contributed by atoms with Crippen molar-refractivity contribution < 1.29 is 4.84 Å². The van der Waals surface area contributed by atoms with Crippen molar-refractivity contribution in [2.24, 2.45) is 5.90 Å². The highest BCUT2D eigenvalue weighted by Crippen LogP contribution is 2.39. The van der Waals surface area contributed by atoms with Gasteiger partial charge >= 0.3 is 0 Å². The summed E-state index contributed by atoms with van der Waals surface area (Å²) in [6, 6.07) is 5.93. The number of rotatable bonds is 2. The number of nitrogens with two attached hydrogens (primary N) is 1. The first-order chi connectivity index (χ1) is 6.74. The molecule has 0 radical (unpaired) electrons. The molecule has 0 saturated heterocycles. The zero-order valence-corrected chi connectivity index (χ0v) is 8.79. The molecule has 76 valence electrons. The van der Waals surface area contributed by atoms with Gasteiger partial charge in [-0.2, -0.15) is 0 Å². The molecule has 0 amide bonds. The number of benzene rings is 1. The minimum absolute atomic E-state index is 0.286. The lowest BCUT2D eigenvalue weighted by atomic mass is 10.0. The Balaban J connectivity index is 2.40. The van der Waals surface area contributed by atoms with Crippen molar-refractivity contribution in [3.05, 3.63) is 28.8 Å². The van der Waals surface area contributed by atoms with Gasteiger partial charge in [0.1, 0.15) is 0 Å². The second-order valence-electron chi connectivity index (χ2n) is 3.58. The molecular formula is C10H13ClN2O. The van der Waals surface area contributed by atoms with Crippen LogP contribution in [0.3, 0.4) is 0 Å². The van der Waals surface area contributed by atoms with Crippen LogP contribution in [0.15, 0.2) is 18.2 Å². The van der Waals surface area contributed by atoms with Crippen LogP contribution < -0.4 is 10.8 Å². The molecule has 4 heteroatoms. The Kier molecular flexibility index (Phi) is 2.63. The highest BCUT2D eigenvalue weighted by molar-refractivity contribution is 6.32. The van der Waals surface area contributed by atoms with E-state index in [1.807, 2.05) is 19.2 Å². The van der Waals surface area contributed by atoms with Gasteiger partial charge in [-0.3, -0.25) is 0 Å². The van der Waals surface area contributed by atoms with E-state index in [2.05, 4.69) is 11.0 Å². The predicted molar refractivity (Wildman–Crippen MR) is 57.6 cm³/mol. The molecule has 1 aliphatic heterocycles. The monoisotopic (exact) mass is 212 g/mol. The zero-order chi connectivity index (χ0) is 10.1. The second-order valence-corrected chi connectivity index (χ2v) is 3.99. The summed E-state index contributed by atoms with van der Waals surface area (Å²) >= 11 is 6.14. The van der Waals surface area contributed by atoms with E-state index < -0.39 is 0 Å². The number of likely N-dealkylation sites (N-methyl/N-ethyl adjacent to an activating group) is 1. The fourth-order valence-corrected chi connectivity index (χ4v) is 2.36. The van der Waals surface area contributed by atoms with E-state index in [9.17, 15) is 0 Å². The lowest BCUT2D eigenvalue weighted by Gasteiger charge is -2.11. The maximum atomic E-state index is 6.14. The van der Waals surface area contributed by atoms with Gasteiger partial charge in [0.25, 0.3) is 0 Å². The molecule has 1 aromatic rings. The topological polar surface area (TPSA) is 38.5 Å². The summed E-state index contributed by atoms with van der Waals surface area (Å²) in [4.78, 5) is 6.87. The van der Waals surface area contributed by atoms with Gasteiger partial charge in [0, 0.05) is 35.8 Å². The first-order valence-corrected chi connectivity index (χ1v) is 4.93. The third-order valence-electron chi connectivity index (χ3n) is 2.64.